The van der Waals surface area contributed by atoms with Crippen molar-refractivity contribution in [1.82, 2.24) is 10.3 Å². The second-order valence-corrected chi connectivity index (χ2v) is 7.73. The van der Waals surface area contributed by atoms with Gasteiger partial charge in [-0.3, -0.25) is 15.0 Å². The second-order valence-electron chi connectivity index (χ2n) is 6.05. The molecule has 31 heavy (non-hydrogen) atoms. The summed E-state index contributed by atoms with van der Waals surface area (Å²) in [7, 11) is -3.88. The summed E-state index contributed by atoms with van der Waals surface area (Å²) in [4.78, 5) is 26.5. The maximum atomic E-state index is 12.3. The molecular formula is C20H19Cl2N4O4S-. The van der Waals surface area contributed by atoms with Gasteiger partial charge in [-0.25, -0.2) is 8.42 Å². The van der Waals surface area contributed by atoms with Crippen molar-refractivity contribution < 1.29 is 47.4 Å². The molecule has 8 nitrogen and oxygen atoms in total. The quantitative estimate of drug-likeness (QED) is 0.232. The number of rotatable bonds is 7. The van der Waals surface area contributed by atoms with Crippen LogP contribution in [0, 0.1) is 0 Å². The molecule has 2 amide bonds. The van der Waals surface area contributed by atoms with Crippen LogP contribution in [-0.2, 0) is 21.4 Å². The maximum absolute atomic E-state index is 12.3. The molecule has 0 spiro atoms. The predicted molar refractivity (Wildman–Crippen MR) is 106 cm³/mol. The van der Waals surface area contributed by atoms with E-state index in [0.717, 1.165) is 0 Å². The number of pyridine rings is 1. The Balaban J connectivity index is 0.00000240. The lowest BCUT2D eigenvalue weighted by Crippen LogP contribution is -3.00. The van der Waals surface area contributed by atoms with Crippen molar-refractivity contribution in [2.75, 3.05) is 5.32 Å². The summed E-state index contributed by atoms with van der Waals surface area (Å²) < 4.78 is 25.9. The highest BCUT2D eigenvalue weighted by Gasteiger charge is 2.17. The molecule has 0 saturated heterocycles. The molecule has 1 heterocycles. The lowest BCUT2D eigenvalue weighted by Gasteiger charge is -2.08. The zero-order chi connectivity index (χ0) is 20.7. The first kappa shape index (κ1) is 26.1. The molecule has 0 bridgehead atoms. The van der Waals surface area contributed by atoms with Crippen LogP contribution in [0.1, 0.15) is 10.4 Å². The van der Waals surface area contributed by atoms with Crippen molar-refractivity contribution in [3.8, 4) is 0 Å². The number of anilines is 1. The molecule has 164 valence electrons. The Morgan fingerprint density at radius 2 is 1.45 bits per heavy atom. The number of halogens is 2. The summed E-state index contributed by atoms with van der Waals surface area (Å²) in [5.41, 5.74) is 3.03. The Morgan fingerprint density at radius 1 is 0.839 bits per heavy atom. The minimum atomic E-state index is -3.88. The van der Waals surface area contributed by atoms with Crippen LogP contribution in [0.25, 0.3) is 0 Å². The van der Waals surface area contributed by atoms with Crippen molar-refractivity contribution in [2.45, 2.75) is 11.4 Å². The smallest absolute Gasteiger partial charge is 0.290 e. The van der Waals surface area contributed by atoms with Crippen LogP contribution < -0.4 is 45.0 Å². The number of para-hydroxylation sites is 1. The third-order valence-corrected chi connectivity index (χ3v) is 5.12. The Kier molecular flexibility index (Phi) is 10.1. The molecule has 0 radical (unpaired) electrons. The van der Waals surface area contributed by atoms with E-state index in [1.807, 2.05) is 18.2 Å². The van der Waals surface area contributed by atoms with E-state index in [1.54, 1.807) is 42.6 Å². The van der Waals surface area contributed by atoms with Gasteiger partial charge in [-0.05, 0) is 30.3 Å². The van der Waals surface area contributed by atoms with Crippen LogP contribution >= 0.6 is 0 Å². The normalized spacial score (nSPS) is 10.2. The minimum absolute atomic E-state index is 0. The topological polar surface area (TPSA) is 108 Å². The van der Waals surface area contributed by atoms with Crippen molar-refractivity contribution in [3.05, 3.63) is 90.8 Å². The molecule has 0 atom stereocenters. The molecule has 2 aromatic carbocycles. The van der Waals surface area contributed by atoms with Crippen molar-refractivity contribution in [2.24, 2.45) is 0 Å². The largest absolute Gasteiger partial charge is 1.00 e. The molecule has 0 aliphatic carbocycles. The number of sulfonamides is 1. The number of aromatic nitrogens is 1. The van der Waals surface area contributed by atoms with Crippen molar-refractivity contribution in [3.63, 3.8) is 0 Å². The number of hydrogen-bond acceptors (Lipinski definition) is 4. The second kappa shape index (κ2) is 12.0. The van der Waals surface area contributed by atoms with Gasteiger partial charge in [0.15, 0.2) is 12.4 Å². The Bertz CT molecular complexity index is 1110. The molecule has 0 aliphatic rings. The average Bonchev–Trinajstić information content (AvgIpc) is 2.73. The average molecular weight is 482 g/mol. The standard InChI is InChI=1S/C20H18N4O4S.2ClH/c25-19(21-17-9-3-1-4-10-17)15-24-13-7-8-16(14-24)20(26)22-23-29(27,28)18-11-5-2-6-12-18;;/h1-14,23H,15H2,(H-,21,22,25,26);2*1H/p-1. The van der Waals surface area contributed by atoms with Gasteiger partial charge in [0.05, 0.1) is 4.90 Å². The Labute approximate surface area is 192 Å². The number of hydrogen-bond donors (Lipinski definition) is 3. The molecule has 0 aliphatic heterocycles. The van der Waals surface area contributed by atoms with Gasteiger partial charge >= 0.3 is 0 Å². The molecule has 3 N–H and O–H groups in total. The van der Waals surface area contributed by atoms with E-state index < -0.39 is 15.9 Å². The minimum Gasteiger partial charge on any atom is -1.00 e. The van der Waals surface area contributed by atoms with Crippen LogP contribution in [0.5, 0.6) is 0 Å². The monoisotopic (exact) mass is 481 g/mol. The van der Waals surface area contributed by atoms with Gasteiger partial charge in [0.2, 0.25) is 6.54 Å². The highest BCUT2D eigenvalue weighted by molar-refractivity contribution is 7.89. The van der Waals surface area contributed by atoms with E-state index in [-0.39, 0.29) is 47.7 Å². The first-order chi connectivity index (χ1) is 13.9. The van der Waals surface area contributed by atoms with Gasteiger partial charge in [0, 0.05) is 11.8 Å². The molecule has 3 rings (SSSR count). The highest BCUT2D eigenvalue weighted by atomic mass is 35.5. The lowest BCUT2D eigenvalue weighted by atomic mass is 10.2. The van der Waals surface area contributed by atoms with Crippen LogP contribution in [-0.4, -0.2) is 20.2 Å². The molecule has 3 aromatic rings. The molecule has 0 fully saturated rings. The summed E-state index contributed by atoms with van der Waals surface area (Å²) in [6.07, 6.45) is 3.09. The summed E-state index contributed by atoms with van der Waals surface area (Å²) >= 11 is 0. The van der Waals surface area contributed by atoms with Gasteiger partial charge < -0.3 is 30.1 Å². The first-order valence-electron chi connectivity index (χ1n) is 8.65. The SMILES string of the molecule is O=C(C[n+]1cccc(C(=O)NNS(=O)(=O)c2ccccc2)c1)Nc1ccccc1.[Cl-].[Cl-]. The van der Waals surface area contributed by atoms with E-state index in [1.165, 1.54) is 29.0 Å². The number of carbonyl (C=O) groups excluding carboxylic acids is 2. The van der Waals surface area contributed by atoms with E-state index in [4.69, 9.17) is 0 Å². The van der Waals surface area contributed by atoms with Gasteiger partial charge in [0.1, 0.15) is 5.56 Å². The van der Waals surface area contributed by atoms with E-state index in [2.05, 4.69) is 15.6 Å². The number of carbonyl (C=O) groups is 2. The number of benzene rings is 2. The number of amides is 2. The number of hydrazine groups is 1. The van der Waals surface area contributed by atoms with E-state index in [0.29, 0.717) is 5.69 Å². The summed E-state index contributed by atoms with van der Waals surface area (Å²) in [5.74, 6) is -0.911. The van der Waals surface area contributed by atoms with Crippen LogP contribution in [0.2, 0.25) is 0 Å². The number of nitrogens with one attached hydrogen (secondary N) is 3. The van der Waals surface area contributed by atoms with Crippen LogP contribution in [0.3, 0.4) is 0 Å². The molecule has 1 aromatic heterocycles. The van der Waals surface area contributed by atoms with Crippen LogP contribution in [0.4, 0.5) is 5.69 Å². The molecular weight excluding hydrogens is 463 g/mol. The fraction of sp³-hybridized carbons (Fsp3) is 0.0500. The molecule has 11 heteroatoms. The van der Waals surface area contributed by atoms with E-state index in [9.17, 15) is 18.0 Å². The van der Waals surface area contributed by atoms with Gasteiger partial charge in [-0.15, -0.1) is 4.83 Å². The third-order valence-electron chi connectivity index (χ3n) is 3.86. The van der Waals surface area contributed by atoms with Gasteiger partial charge in [-0.2, -0.15) is 4.57 Å². The van der Waals surface area contributed by atoms with Crippen molar-refractivity contribution in [1.29, 1.82) is 0 Å². The van der Waals surface area contributed by atoms with E-state index >= 15 is 0 Å². The summed E-state index contributed by atoms with van der Waals surface area (Å²) in [6.45, 7) is -0.00818. The lowest BCUT2D eigenvalue weighted by molar-refractivity contribution is -0.684. The van der Waals surface area contributed by atoms with Gasteiger partial charge in [0.25, 0.3) is 21.8 Å². The maximum Gasteiger partial charge on any atom is 0.290 e. The van der Waals surface area contributed by atoms with Crippen molar-refractivity contribution >= 4 is 27.5 Å². The Hall–Kier alpha value is -2.98. The molecule has 0 unspecified atom stereocenters. The number of nitrogens with zero attached hydrogens (tertiary/aromatic N) is 1. The first-order valence-corrected chi connectivity index (χ1v) is 10.1. The van der Waals surface area contributed by atoms with Gasteiger partial charge in [-0.1, -0.05) is 36.4 Å². The predicted octanol–water partition coefficient (Wildman–Crippen LogP) is -4.76. The van der Waals surface area contributed by atoms with Crippen LogP contribution in [0.15, 0.2) is 90.1 Å². The summed E-state index contributed by atoms with van der Waals surface area (Å²) in [6, 6.07) is 19.8. The molecule has 0 saturated carbocycles. The highest BCUT2D eigenvalue weighted by Crippen LogP contribution is 2.06. The third kappa shape index (κ3) is 7.65. The summed E-state index contributed by atoms with van der Waals surface area (Å²) in [5, 5.41) is 2.75. The zero-order valence-electron chi connectivity index (χ0n) is 16.0. The Morgan fingerprint density at radius 3 is 2.10 bits per heavy atom. The zero-order valence-corrected chi connectivity index (χ0v) is 18.4. The fourth-order valence-electron chi connectivity index (χ4n) is 2.49. The fourth-order valence-corrected chi connectivity index (χ4v) is 3.35.